The number of carbonyl (C=O) groups excluding carboxylic acids is 1. The molecule has 1 amide bonds. The van der Waals surface area contributed by atoms with E-state index >= 15 is 0 Å². The molecule has 0 spiro atoms. The Bertz CT molecular complexity index is 869. The lowest BCUT2D eigenvalue weighted by molar-refractivity contribution is -0.485. The molecule has 4 bridgehead atoms. The van der Waals surface area contributed by atoms with Crippen LogP contribution in [0.5, 0.6) is 5.75 Å². The van der Waals surface area contributed by atoms with Gasteiger partial charge in [-0.1, -0.05) is 12.1 Å². The van der Waals surface area contributed by atoms with E-state index in [1.807, 2.05) is 7.11 Å². The largest absolute Gasteiger partial charge is 0.492 e. The monoisotopic (exact) mass is 498 g/mol. The number of nitrogens with zero attached hydrogens (tertiary/aromatic N) is 1. The van der Waals surface area contributed by atoms with Crippen LogP contribution in [-0.4, -0.2) is 62.6 Å². The molecule has 0 aromatic heterocycles. The Morgan fingerprint density at radius 2 is 1.67 bits per heavy atom. The second-order valence-corrected chi connectivity index (χ2v) is 11.9. The minimum atomic E-state index is -0.513. The number of nitrogens with one attached hydrogen (secondary N) is 1. The Balaban J connectivity index is 0.946. The van der Waals surface area contributed by atoms with Gasteiger partial charge in [-0.15, -0.1) is 0 Å². The summed E-state index contributed by atoms with van der Waals surface area (Å²) < 4.78 is 12.0. The second-order valence-electron chi connectivity index (χ2n) is 11.9. The molecule has 1 aromatic rings. The highest BCUT2D eigenvalue weighted by atomic mass is 17.2. The van der Waals surface area contributed by atoms with Gasteiger partial charge in [0.1, 0.15) is 12.4 Å². The number of amides is 1. The van der Waals surface area contributed by atoms with Gasteiger partial charge in [0.05, 0.1) is 12.6 Å². The number of hydrogen-bond donors (Lipinski definition) is 1. The molecule has 6 aliphatic rings. The van der Waals surface area contributed by atoms with Crippen LogP contribution in [0.15, 0.2) is 24.3 Å². The molecule has 1 N–H and O–H groups in total. The Hall–Kier alpha value is -1.67. The summed E-state index contributed by atoms with van der Waals surface area (Å²) in [4.78, 5) is 26.0. The molecule has 0 radical (unpaired) electrons. The van der Waals surface area contributed by atoms with E-state index in [2.05, 4.69) is 34.5 Å². The predicted octanol–water partition coefficient (Wildman–Crippen LogP) is 4.27. The van der Waals surface area contributed by atoms with E-state index in [0.29, 0.717) is 30.9 Å². The molecule has 7 rings (SSSR count). The van der Waals surface area contributed by atoms with Crippen molar-refractivity contribution in [3.63, 3.8) is 0 Å². The Morgan fingerprint density at radius 3 is 2.31 bits per heavy atom. The van der Waals surface area contributed by atoms with Crippen molar-refractivity contribution in [1.82, 2.24) is 10.2 Å². The van der Waals surface area contributed by atoms with Crippen LogP contribution < -0.4 is 10.1 Å². The molecular formula is C29H42N2O5. The van der Waals surface area contributed by atoms with Gasteiger partial charge in [0, 0.05) is 38.6 Å². The highest BCUT2D eigenvalue weighted by molar-refractivity contribution is 5.78. The minimum absolute atomic E-state index is 0.100. The molecule has 7 heteroatoms. The number of rotatable bonds is 9. The van der Waals surface area contributed by atoms with Crippen LogP contribution >= 0.6 is 0 Å². The molecule has 1 heterocycles. The van der Waals surface area contributed by atoms with Gasteiger partial charge >= 0.3 is 0 Å². The molecule has 0 unspecified atom stereocenters. The average molecular weight is 499 g/mol. The molecule has 7 nitrogen and oxygen atoms in total. The van der Waals surface area contributed by atoms with E-state index < -0.39 is 5.79 Å². The number of benzene rings is 1. The first-order chi connectivity index (χ1) is 17.6. The third-order valence-corrected chi connectivity index (χ3v) is 9.73. The maximum atomic E-state index is 11.5. The highest BCUT2D eigenvalue weighted by Crippen LogP contribution is 2.60. The Morgan fingerprint density at radius 1 is 0.972 bits per heavy atom. The number of ether oxygens (including phenoxy) is 2. The fraction of sp³-hybridized carbons (Fsp3) is 0.759. The topological polar surface area (TPSA) is 69.3 Å². The standard InChI is InChI=1S/C29H42N2O5/c1-33-29(24-15-20-14-21(17-24)18-25(29)16-20)36-35-27-8-4-23(5-9-27)22-2-6-26(7-3-22)34-13-12-31-11-10-30-28(32)19-31/h2-3,6-7,20-21,23-25,27H,4-5,8-19H2,1H3,(H,30,32)/t20?,21?,23-,24?,25?,27+,29?. The van der Waals surface area contributed by atoms with Crippen LogP contribution in [-0.2, 0) is 19.3 Å². The van der Waals surface area contributed by atoms with E-state index in [-0.39, 0.29) is 12.0 Å². The van der Waals surface area contributed by atoms with Gasteiger partial charge in [0.25, 0.3) is 0 Å². The summed E-state index contributed by atoms with van der Waals surface area (Å²) in [6.45, 7) is 3.45. The van der Waals surface area contributed by atoms with Crippen molar-refractivity contribution in [3.05, 3.63) is 29.8 Å². The summed E-state index contributed by atoms with van der Waals surface area (Å²) >= 11 is 0. The van der Waals surface area contributed by atoms with Crippen LogP contribution in [0.3, 0.4) is 0 Å². The zero-order chi connectivity index (χ0) is 24.5. The zero-order valence-corrected chi connectivity index (χ0v) is 21.7. The van der Waals surface area contributed by atoms with Crippen LogP contribution in [0.25, 0.3) is 0 Å². The van der Waals surface area contributed by atoms with Crippen molar-refractivity contribution in [1.29, 1.82) is 0 Å². The number of methoxy groups -OCH3 is 1. The Kier molecular flexibility index (Phi) is 7.26. The molecule has 5 saturated carbocycles. The smallest absolute Gasteiger partial charge is 0.234 e. The average Bonchev–Trinajstić information content (AvgIpc) is 2.89. The van der Waals surface area contributed by atoms with Crippen LogP contribution in [0.1, 0.15) is 69.3 Å². The Labute approximate surface area is 215 Å². The molecule has 1 saturated heterocycles. The van der Waals surface area contributed by atoms with Gasteiger partial charge in [-0.25, -0.2) is 9.78 Å². The molecule has 1 aromatic carbocycles. The normalized spacial score (nSPS) is 38.2. The van der Waals surface area contributed by atoms with E-state index in [4.69, 9.17) is 19.2 Å². The molecule has 6 fully saturated rings. The summed E-state index contributed by atoms with van der Waals surface area (Å²) in [5.74, 6) is 3.79. The van der Waals surface area contributed by atoms with Gasteiger partial charge < -0.3 is 14.8 Å². The molecule has 5 aliphatic carbocycles. The lowest BCUT2D eigenvalue weighted by Gasteiger charge is -2.58. The predicted molar refractivity (Wildman–Crippen MR) is 135 cm³/mol. The third-order valence-electron chi connectivity index (χ3n) is 9.73. The molecule has 1 aliphatic heterocycles. The van der Waals surface area contributed by atoms with Crippen molar-refractivity contribution >= 4 is 5.91 Å². The minimum Gasteiger partial charge on any atom is -0.492 e. The van der Waals surface area contributed by atoms with Crippen molar-refractivity contribution in [3.8, 4) is 5.75 Å². The van der Waals surface area contributed by atoms with E-state index in [0.717, 1.165) is 62.9 Å². The molecule has 198 valence electrons. The van der Waals surface area contributed by atoms with Crippen molar-refractivity contribution in [2.75, 3.05) is 39.9 Å². The SMILES string of the molecule is COC1(OO[C@H]2CC[C@@H](c3ccc(OCCN4CCNC(=O)C4)cc3)CC2)C2CC3CC(C2)CC1C3. The number of piperazine rings is 1. The summed E-state index contributed by atoms with van der Waals surface area (Å²) in [5.41, 5.74) is 1.38. The van der Waals surface area contributed by atoms with Crippen LogP contribution in [0.4, 0.5) is 0 Å². The summed E-state index contributed by atoms with van der Waals surface area (Å²) in [6.07, 6.45) is 10.8. The van der Waals surface area contributed by atoms with Gasteiger partial charge in [0.15, 0.2) is 0 Å². The van der Waals surface area contributed by atoms with Gasteiger partial charge in [-0.2, -0.15) is 0 Å². The van der Waals surface area contributed by atoms with Gasteiger partial charge in [-0.3, -0.25) is 9.69 Å². The van der Waals surface area contributed by atoms with E-state index in [1.54, 1.807) is 0 Å². The van der Waals surface area contributed by atoms with Crippen LogP contribution in [0, 0.1) is 23.7 Å². The van der Waals surface area contributed by atoms with Gasteiger partial charge in [0.2, 0.25) is 11.7 Å². The lowest BCUT2D eigenvalue weighted by atomic mass is 9.53. The first-order valence-corrected chi connectivity index (χ1v) is 14.2. The van der Waals surface area contributed by atoms with E-state index in [9.17, 15) is 4.79 Å². The number of carbonyl (C=O) groups is 1. The first-order valence-electron chi connectivity index (χ1n) is 14.2. The van der Waals surface area contributed by atoms with E-state index in [1.165, 1.54) is 37.7 Å². The maximum Gasteiger partial charge on any atom is 0.234 e. The molecule has 36 heavy (non-hydrogen) atoms. The third kappa shape index (κ3) is 5.04. The van der Waals surface area contributed by atoms with Crippen molar-refractivity contribution in [2.24, 2.45) is 23.7 Å². The quantitative estimate of drug-likeness (QED) is 0.312. The molecule has 0 atom stereocenters. The number of hydrogen-bond acceptors (Lipinski definition) is 6. The van der Waals surface area contributed by atoms with Crippen molar-refractivity contribution in [2.45, 2.75) is 75.6 Å². The van der Waals surface area contributed by atoms with Crippen molar-refractivity contribution < 1.29 is 24.0 Å². The lowest BCUT2D eigenvalue weighted by Crippen LogP contribution is -2.60. The summed E-state index contributed by atoms with van der Waals surface area (Å²) in [7, 11) is 1.82. The molecular weight excluding hydrogens is 456 g/mol. The summed E-state index contributed by atoms with van der Waals surface area (Å²) in [6, 6.07) is 8.58. The zero-order valence-electron chi connectivity index (χ0n) is 21.7. The second kappa shape index (κ2) is 10.6. The fourth-order valence-electron chi connectivity index (χ4n) is 7.99. The van der Waals surface area contributed by atoms with Gasteiger partial charge in [-0.05, 0) is 93.2 Å². The van der Waals surface area contributed by atoms with Crippen LogP contribution in [0.2, 0.25) is 0 Å². The fourth-order valence-corrected chi connectivity index (χ4v) is 7.99. The highest BCUT2D eigenvalue weighted by Gasteiger charge is 2.60. The summed E-state index contributed by atoms with van der Waals surface area (Å²) in [5, 5.41) is 2.86. The first kappa shape index (κ1) is 24.7. The maximum absolute atomic E-state index is 11.5.